The summed E-state index contributed by atoms with van der Waals surface area (Å²) in [4.78, 5) is 7.56. The number of nitrogens with zero attached hydrogens (tertiary/aromatic N) is 2. The third kappa shape index (κ3) is 3.40. The zero-order chi connectivity index (χ0) is 7.28. The van der Waals surface area contributed by atoms with E-state index in [0.29, 0.717) is 0 Å². The molecule has 0 aliphatic carbocycles. The Balaban J connectivity index is 4.27. The molecule has 0 aromatic carbocycles. The van der Waals surface area contributed by atoms with Crippen LogP contribution in [0, 0.1) is 0 Å². The predicted molar refractivity (Wildman–Crippen MR) is 50.7 cm³/mol. The molecule has 0 saturated carbocycles. The van der Waals surface area contributed by atoms with Gasteiger partial charge in [0.15, 0.2) is 0 Å². The van der Waals surface area contributed by atoms with Gasteiger partial charge < -0.3 is 0 Å². The summed E-state index contributed by atoms with van der Waals surface area (Å²) in [5.41, 5.74) is 1.05. The minimum atomic E-state index is 0.901. The van der Waals surface area contributed by atoms with E-state index >= 15 is 0 Å². The van der Waals surface area contributed by atoms with Crippen molar-refractivity contribution in [3.05, 3.63) is 9.28 Å². The normalized spacial score (nSPS) is 13.7. The Morgan fingerprint density at radius 1 is 1.67 bits per heavy atom. The highest BCUT2D eigenvalue weighted by Crippen LogP contribution is 2.10. The Bertz CT molecular complexity index is 158. The number of hydrogen-bond donors (Lipinski definition) is 0. The third-order valence-corrected chi connectivity index (χ3v) is 1.98. The Morgan fingerprint density at radius 2 is 2.22 bits per heavy atom. The molecule has 0 aromatic rings. The zero-order valence-electron chi connectivity index (χ0n) is 5.56. The second-order valence-corrected chi connectivity index (χ2v) is 2.54. The SMILES string of the molecule is C=N/C(I)=C(/C)C=NC. The van der Waals surface area contributed by atoms with Gasteiger partial charge in [-0.2, -0.15) is 0 Å². The van der Waals surface area contributed by atoms with Gasteiger partial charge in [0.25, 0.3) is 0 Å². The first kappa shape index (κ1) is 8.81. The molecule has 0 aromatic heterocycles. The molecule has 0 atom stereocenters. The summed E-state index contributed by atoms with van der Waals surface area (Å²) in [5, 5.41) is 0. The van der Waals surface area contributed by atoms with E-state index in [1.807, 2.05) is 6.92 Å². The summed E-state index contributed by atoms with van der Waals surface area (Å²) in [7, 11) is 1.73. The van der Waals surface area contributed by atoms with Gasteiger partial charge in [-0.3, -0.25) is 9.98 Å². The van der Waals surface area contributed by atoms with Gasteiger partial charge in [0.1, 0.15) is 3.70 Å². The minimum absolute atomic E-state index is 0.901. The molecule has 50 valence electrons. The van der Waals surface area contributed by atoms with Gasteiger partial charge in [0, 0.05) is 13.3 Å². The van der Waals surface area contributed by atoms with E-state index in [-0.39, 0.29) is 0 Å². The maximum absolute atomic E-state index is 3.83. The second-order valence-electron chi connectivity index (χ2n) is 1.52. The number of aliphatic imine (C=N–C) groups is 2. The minimum Gasteiger partial charge on any atom is -0.296 e. The molecule has 2 nitrogen and oxygen atoms in total. The van der Waals surface area contributed by atoms with Crippen molar-refractivity contribution in [2.45, 2.75) is 6.92 Å². The van der Waals surface area contributed by atoms with Gasteiger partial charge in [-0.25, -0.2) is 0 Å². The molecule has 0 aliphatic heterocycles. The second kappa shape index (κ2) is 4.67. The molecule has 0 heterocycles. The predicted octanol–water partition coefficient (Wildman–Crippen LogP) is 2.05. The smallest absolute Gasteiger partial charge is 0.105 e. The summed E-state index contributed by atoms with van der Waals surface area (Å²) in [6.07, 6.45) is 1.76. The van der Waals surface area contributed by atoms with Crippen LogP contribution in [0.15, 0.2) is 19.3 Å². The van der Waals surface area contributed by atoms with Gasteiger partial charge in [0.2, 0.25) is 0 Å². The Hall–Kier alpha value is -0.190. The molecule has 0 fully saturated rings. The molecule has 0 rings (SSSR count). The molecule has 0 radical (unpaired) electrons. The van der Waals surface area contributed by atoms with Crippen molar-refractivity contribution in [3.63, 3.8) is 0 Å². The Morgan fingerprint density at radius 3 is 2.56 bits per heavy atom. The van der Waals surface area contributed by atoms with E-state index in [9.17, 15) is 0 Å². The fourth-order valence-corrected chi connectivity index (χ4v) is 0.511. The van der Waals surface area contributed by atoms with Crippen molar-refractivity contribution in [2.24, 2.45) is 9.98 Å². The van der Waals surface area contributed by atoms with Crippen molar-refractivity contribution in [2.75, 3.05) is 7.05 Å². The zero-order valence-corrected chi connectivity index (χ0v) is 7.71. The van der Waals surface area contributed by atoms with Gasteiger partial charge in [0.05, 0.1) is 0 Å². The van der Waals surface area contributed by atoms with Crippen LogP contribution in [0.25, 0.3) is 0 Å². The van der Waals surface area contributed by atoms with E-state index in [0.717, 1.165) is 9.28 Å². The lowest BCUT2D eigenvalue weighted by Crippen LogP contribution is -1.78. The average molecular weight is 236 g/mol. The van der Waals surface area contributed by atoms with Crippen molar-refractivity contribution in [1.29, 1.82) is 0 Å². The first-order valence-corrected chi connectivity index (χ1v) is 3.55. The van der Waals surface area contributed by atoms with E-state index < -0.39 is 0 Å². The lowest BCUT2D eigenvalue weighted by atomic mass is 10.4. The highest BCUT2D eigenvalue weighted by Gasteiger charge is 1.88. The van der Waals surface area contributed by atoms with E-state index in [2.05, 4.69) is 39.3 Å². The molecule has 0 N–H and O–H groups in total. The van der Waals surface area contributed by atoms with Crippen LogP contribution in [0.5, 0.6) is 0 Å². The molecule has 0 unspecified atom stereocenters. The highest BCUT2D eigenvalue weighted by atomic mass is 127. The van der Waals surface area contributed by atoms with Gasteiger partial charge in [-0.05, 0) is 41.8 Å². The molecule has 9 heavy (non-hydrogen) atoms. The average Bonchev–Trinajstić information content (AvgIpc) is 1.87. The standard InChI is InChI=1S/C6H9IN2/c1-5(4-8-2)6(7)9-3/h4H,3H2,1-2H3/b6-5-,8-4?. The molecule has 0 amide bonds. The fraction of sp³-hybridized carbons (Fsp3) is 0.333. The van der Waals surface area contributed by atoms with E-state index in [1.165, 1.54) is 0 Å². The number of allylic oxidation sites excluding steroid dienone is 1. The first-order valence-electron chi connectivity index (χ1n) is 2.47. The van der Waals surface area contributed by atoms with Crippen LogP contribution in [0.1, 0.15) is 6.92 Å². The van der Waals surface area contributed by atoms with Crippen molar-refractivity contribution < 1.29 is 0 Å². The Labute approximate surface area is 68.9 Å². The number of rotatable bonds is 2. The molecule has 3 heteroatoms. The van der Waals surface area contributed by atoms with E-state index in [4.69, 9.17) is 0 Å². The van der Waals surface area contributed by atoms with Crippen LogP contribution in [0.2, 0.25) is 0 Å². The lowest BCUT2D eigenvalue weighted by Gasteiger charge is -1.90. The molecular weight excluding hydrogens is 227 g/mol. The van der Waals surface area contributed by atoms with Gasteiger partial charge in [-0.1, -0.05) is 0 Å². The molecular formula is C6H9IN2. The largest absolute Gasteiger partial charge is 0.296 e. The van der Waals surface area contributed by atoms with E-state index in [1.54, 1.807) is 13.3 Å². The van der Waals surface area contributed by atoms with Crippen LogP contribution in [0.3, 0.4) is 0 Å². The molecule has 0 aliphatic rings. The van der Waals surface area contributed by atoms with Crippen LogP contribution in [0.4, 0.5) is 0 Å². The summed E-state index contributed by atoms with van der Waals surface area (Å²) in [5.74, 6) is 0. The summed E-state index contributed by atoms with van der Waals surface area (Å²) >= 11 is 2.11. The van der Waals surface area contributed by atoms with Crippen molar-refractivity contribution >= 4 is 35.5 Å². The Kier molecular flexibility index (Phi) is 4.57. The number of halogens is 1. The quantitative estimate of drug-likeness (QED) is 0.398. The maximum Gasteiger partial charge on any atom is 0.105 e. The summed E-state index contributed by atoms with van der Waals surface area (Å²) < 4.78 is 0.901. The maximum atomic E-state index is 3.83. The van der Waals surface area contributed by atoms with Crippen LogP contribution in [-0.4, -0.2) is 20.0 Å². The summed E-state index contributed by atoms with van der Waals surface area (Å²) in [6, 6.07) is 0. The molecule has 0 saturated heterocycles. The highest BCUT2D eigenvalue weighted by molar-refractivity contribution is 14.1. The number of hydrogen-bond acceptors (Lipinski definition) is 2. The lowest BCUT2D eigenvalue weighted by molar-refractivity contribution is 1.42. The fourth-order valence-electron chi connectivity index (χ4n) is 0.372. The van der Waals surface area contributed by atoms with Crippen LogP contribution >= 0.6 is 22.6 Å². The molecule has 0 spiro atoms. The summed E-state index contributed by atoms with van der Waals surface area (Å²) in [6.45, 7) is 5.33. The first-order chi connectivity index (χ1) is 4.22. The topological polar surface area (TPSA) is 24.7 Å². The van der Waals surface area contributed by atoms with Crippen molar-refractivity contribution in [1.82, 2.24) is 0 Å². The third-order valence-electron chi connectivity index (χ3n) is 0.787. The monoisotopic (exact) mass is 236 g/mol. The van der Waals surface area contributed by atoms with Crippen LogP contribution in [-0.2, 0) is 0 Å². The van der Waals surface area contributed by atoms with Crippen LogP contribution < -0.4 is 0 Å². The van der Waals surface area contributed by atoms with Gasteiger partial charge >= 0.3 is 0 Å². The van der Waals surface area contributed by atoms with Gasteiger partial charge in [-0.15, -0.1) is 0 Å². The molecule has 0 bridgehead atoms. The van der Waals surface area contributed by atoms with Crippen molar-refractivity contribution in [3.8, 4) is 0 Å².